The zero-order chi connectivity index (χ0) is 25.8. The molecule has 1 atom stereocenters. The maximum atomic E-state index is 12.7. The van der Waals surface area contributed by atoms with Gasteiger partial charge in [-0.3, -0.25) is 9.59 Å². The number of rotatable bonds is 7. The highest BCUT2D eigenvalue weighted by molar-refractivity contribution is 7.13. The molecule has 13 heteroatoms. The monoisotopic (exact) mass is 523 g/mol. The van der Waals surface area contributed by atoms with Crippen LogP contribution >= 0.6 is 11.3 Å². The Morgan fingerprint density at radius 2 is 1.89 bits per heavy atom. The molecule has 2 amide bonds. The minimum atomic E-state index is -0.731. The van der Waals surface area contributed by atoms with Gasteiger partial charge in [0, 0.05) is 48.9 Å². The molecule has 12 nitrogen and oxygen atoms in total. The average molecular weight is 524 g/mol. The molecule has 4 heterocycles. The van der Waals surface area contributed by atoms with Crippen molar-refractivity contribution in [2.24, 2.45) is 5.73 Å². The van der Waals surface area contributed by atoms with Crippen LogP contribution in [0.1, 0.15) is 39.4 Å². The van der Waals surface area contributed by atoms with E-state index in [1.165, 1.54) is 0 Å². The molecule has 194 valence electrons. The normalized spacial score (nSPS) is 17.9. The molecular formula is C24H29N9O3S. The van der Waals surface area contributed by atoms with Crippen LogP contribution in [0.4, 0.5) is 22.6 Å². The van der Waals surface area contributed by atoms with E-state index in [4.69, 9.17) is 10.5 Å². The first-order valence-electron chi connectivity index (χ1n) is 12.2. The van der Waals surface area contributed by atoms with Crippen molar-refractivity contribution < 1.29 is 14.3 Å². The van der Waals surface area contributed by atoms with E-state index >= 15 is 0 Å². The van der Waals surface area contributed by atoms with E-state index in [9.17, 15) is 9.59 Å². The van der Waals surface area contributed by atoms with E-state index in [0.717, 1.165) is 30.2 Å². The molecule has 0 saturated carbocycles. The number of anilines is 4. The number of hydrogen-bond acceptors (Lipinski definition) is 11. The fraction of sp³-hybridized carbons (Fsp3) is 0.417. The first kappa shape index (κ1) is 24.8. The molecular weight excluding hydrogens is 494 g/mol. The average Bonchev–Trinajstić information content (AvgIpc) is 3.33. The Bertz CT molecular complexity index is 1260. The van der Waals surface area contributed by atoms with Gasteiger partial charge in [-0.2, -0.15) is 4.98 Å². The van der Waals surface area contributed by atoms with Gasteiger partial charge in [-0.25, -0.2) is 4.98 Å². The fourth-order valence-corrected chi connectivity index (χ4v) is 5.12. The van der Waals surface area contributed by atoms with Crippen molar-refractivity contribution in [3.05, 3.63) is 46.6 Å². The summed E-state index contributed by atoms with van der Waals surface area (Å²) in [5.41, 5.74) is 7.70. The van der Waals surface area contributed by atoms with Gasteiger partial charge in [-0.15, -0.1) is 21.5 Å². The highest BCUT2D eigenvalue weighted by Gasteiger charge is 2.25. The highest BCUT2D eigenvalue weighted by atomic mass is 32.1. The number of benzene rings is 1. The van der Waals surface area contributed by atoms with Crippen molar-refractivity contribution in [1.29, 1.82) is 0 Å². The largest absolute Gasteiger partial charge is 0.378 e. The van der Waals surface area contributed by atoms with Crippen molar-refractivity contribution in [1.82, 2.24) is 25.1 Å². The molecule has 2 aliphatic rings. The lowest BCUT2D eigenvalue weighted by molar-refractivity contribution is 0.0303. The molecule has 2 aromatic heterocycles. The van der Waals surface area contributed by atoms with Crippen molar-refractivity contribution in [3.8, 4) is 0 Å². The molecule has 2 fully saturated rings. The van der Waals surface area contributed by atoms with Gasteiger partial charge in [0.05, 0.1) is 18.9 Å². The second-order valence-corrected chi connectivity index (χ2v) is 9.86. The molecule has 0 aliphatic carbocycles. The van der Waals surface area contributed by atoms with Crippen LogP contribution in [0.25, 0.3) is 0 Å². The summed E-state index contributed by atoms with van der Waals surface area (Å²) in [6, 6.07) is 7.18. The van der Waals surface area contributed by atoms with Gasteiger partial charge in [0.2, 0.25) is 5.95 Å². The maximum Gasteiger partial charge on any atom is 0.273 e. The molecule has 3 aromatic rings. The highest BCUT2D eigenvalue weighted by Crippen LogP contribution is 2.24. The Hall–Kier alpha value is -3.84. The molecule has 0 radical (unpaired) electrons. The summed E-state index contributed by atoms with van der Waals surface area (Å²) >= 11 is 1.58. The first-order chi connectivity index (χ1) is 18.0. The lowest BCUT2D eigenvalue weighted by atomic mass is 10.1. The summed E-state index contributed by atoms with van der Waals surface area (Å²) in [6.07, 6.45) is 1.95. The number of nitrogens with one attached hydrogen (secondary N) is 2. The number of amides is 2. The number of carbonyl (C=O) groups excluding carboxylic acids is 2. The predicted molar refractivity (Wildman–Crippen MR) is 141 cm³/mol. The third kappa shape index (κ3) is 5.94. The van der Waals surface area contributed by atoms with Crippen LogP contribution in [0, 0.1) is 6.92 Å². The standard InChI is InChI=1S/C24H29N9O3S/c1-15-14-37-24(26-15)28-18-3-2-8-33(13-18)23-29-21(19(20(25)34)30-31-23)27-17-6-4-16(5-7-17)22(35)32-9-11-36-12-10-32/h4-7,14,18H,2-3,8-13H2,1H3,(H2,25,34)(H,26,28)(H,27,29,31)/t18-/m1/s1. The number of morpholine rings is 1. The number of hydrogen-bond donors (Lipinski definition) is 3. The summed E-state index contributed by atoms with van der Waals surface area (Å²) in [5.74, 6) is -0.144. The molecule has 2 aliphatic heterocycles. The first-order valence-corrected chi connectivity index (χ1v) is 13.1. The van der Waals surface area contributed by atoms with Gasteiger partial charge in [0.1, 0.15) is 0 Å². The Morgan fingerprint density at radius 1 is 1.11 bits per heavy atom. The SMILES string of the molecule is Cc1csc(N[C@@H]2CCCN(c3nnc(C(N)=O)c(Nc4ccc(C(=O)N5CCOCC5)cc4)n3)C2)n1. The quantitative estimate of drug-likeness (QED) is 0.419. The summed E-state index contributed by atoms with van der Waals surface area (Å²) < 4.78 is 5.32. The van der Waals surface area contributed by atoms with Crippen molar-refractivity contribution in [3.63, 3.8) is 0 Å². The molecule has 0 bridgehead atoms. The second-order valence-electron chi connectivity index (χ2n) is 9.00. The number of primary amides is 1. The van der Waals surface area contributed by atoms with E-state index in [2.05, 4.69) is 30.8 Å². The molecule has 37 heavy (non-hydrogen) atoms. The summed E-state index contributed by atoms with van der Waals surface area (Å²) in [7, 11) is 0. The summed E-state index contributed by atoms with van der Waals surface area (Å²) in [5, 5.41) is 17.8. The van der Waals surface area contributed by atoms with E-state index in [1.807, 2.05) is 17.2 Å². The van der Waals surface area contributed by atoms with Crippen molar-refractivity contribution in [2.45, 2.75) is 25.8 Å². The predicted octanol–water partition coefficient (Wildman–Crippen LogP) is 2.03. The Morgan fingerprint density at radius 3 is 2.59 bits per heavy atom. The van der Waals surface area contributed by atoms with Crippen LogP contribution in [0.15, 0.2) is 29.6 Å². The molecule has 1 aromatic carbocycles. The number of nitrogens with two attached hydrogens (primary N) is 1. The number of aromatic nitrogens is 4. The third-order valence-electron chi connectivity index (χ3n) is 6.25. The second kappa shape index (κ2) is 11.0. The van der Waals surface area contributed by atoms with Crippen molar-refractivity contribution >= 4 is 45.7 Å². The van der Waals surface area contributed by atoms with Crippen LogP contribution < -0.4 is 21.3 Å². The van der Waals surface area contributed by atoms with Gasteiger partial charge in [-0.05, 0) is 44.0 Å². The van der Waals surface area contributed by atoms with E-state index in [-0.39, 0.29) is 23.5 Å². The van der Waals surface area contributed by atoms with Crippen LogP contribution in [0.2, 0.25) is 0 Å². The zero-order valence-electron chi connectivity index (χ0n) is 20.5. The number of thiazole rings is 1. The zero-order valence-corrected chi connectivity index (χ0v) is 21.3. The summed E-state index contributed by atoms with van der Waals surface area (Å²) in [6.45, 7) is 5.65. The Kier molecular flexibility index (Phi) is 7.42. The third-order valence-corrected chi connectivity index (χ3v) is 7.14. The number of carbonyl (C=O) groups is 2. The van der Waals surface area contributed by atoms with Crippen LogP contribution in [-0.4, -0.2) is 82.3 Å². The lowest BCUT2D eigenvalue weighted by Crippen LogP contribution is -2.43. The van der Waals surface area contributed by atoms with Gasteiger partial charge in [0.15, 0.2) is 16.6 Å². The Labute approximate surface area is 218 Å². The van der Waals surface area contributed by atoms with Gasteiger partial charge < -0.3 is 30.9 Å². The minimum Gasteiger partial charge on any atom is -0.378 e. The van der Waals surface area contributed by atoms with E-state index in [1.54, 1.807) is 40.5 Å². The molecule has 0 unspecified atom stereocenters. The topological polar surface area (TPSA) is 151 Å². The number of piperidine rings is 1. The maximum absolute atomic E-state index is 12.7. The number of ether oxygens (including phenoxy) is 1. The molecule has 5 rings (SSSR count). The number of aryl methyl sites for hydroxylation is 1. The van der Waals surface area contributed by atoms with Gasteiger partial charge in [-0.1, -0.05) is 0 Å². The molecule has 2 saturated heterocycles. The van der Waals surface area contributed by atoms with E-state index < -0.39 is 5.91 Å². The summed E-state index contributed by atoms with van der Waals surface area (Å²) in [4.78, 5) is 37.6. The smallest absolute Gasteiger partial charge is 0.273 e. The van der Waals surface area contributed by atoms with Gasteiger partial charge >= 0.3 is 0 Å². The fourth-order valence-electron chi connectivity index (χ4n) is 4.36. The van der Waals surface area contributed by atoms with E-state index in [0.29, 0.717) is 50.0 Å². The van der Waals surface area contributed by atoms with Crippen molar-refractivity contribution in [2.75, 3.05) is 54.9 Å². The molecule has 0 spiro atoms. The molecule has 4 N–H and O–H groups in total. The lowest BCUT2D eigenvalue weighted by Gasteiger charge is -2.33. The van der Waals surface area contributed by atoms with Gasteiger partial charge in [0.25, 0.3) is 11.8 Å². The van der Waals surface area contributed by atoms with Crippen LogP contribution in [0.3, 0.4) is 0 Å². The number of nitrogens with zero attached hydrogens (tertiary/aromatic N) is 6. The Balaban J connectivity index is 1.30. The minimum absolute atomic E-state index is 0.0418. The van der Waals surface area contributed by atoms with Crippen LogP contribution in [0.5, 0.6) is 0 Å². The van der Waals surface area contributed by atoms with Crippen LogP contribution in [-0.2, 0) is 4.74 Å².